The largest absolute Gasteiger partial charge is 0.454 e. The van der Waals surface area contributed by atoms with Crippen LogP contribution in [0.25, 0.3) is 0 Å². The highest BCUT2D eigenvalue weighted by molar-refractivity contribution is 5.79. The van der Waals surface area contributed by atoms with Crippen LogP contribution in [0.15, 0.2) is 18.2 Å². The second-order valence-electron chi connectivity index (χ2n) is 7.76. The number of hydrogen-bond acceptors (Lipinski definition) is 4. The number of carbonyl (C=O) groups is 1. The van der Waals surface area contributed by atoms with Crippen molar-refractivity contribution in [2.24, 2.45) is 11.8 Å². The minimum absolute atomic E-state index is 0.133. The van der Waals surface area contributed by atoms with E-state index in [4.69, 9.17) is 9.47 Å². The number of ether oxygens (including phenoxy) is 2. The molecule has 0 bridgehead atoms. The standard InChI is InChI=1S/C20H28N2O3/c1-14-2-5-17(6-3-14)22(20(23)16-8-9-21-11-16)12-15-4-7-18-19(10-15)25-13-24-18/h4,7,10,14,16-17,21H,2-3,5-6,8-9,11-13H2,1H3. The van der Waals surface area contributed by atoms with Crippen LogP contribution in [0.2, 0.25) is 0 Å². The van der Waals surface area contributed by atoms with E-state index in [0.717, 1.165) is 55.3 Å². The number of nitrogens with one attached hydrogen (secondary N) is 1. The summed E-state index contributed by atoms with van der Waals surface area (Å²) in [5, 5.41) is 3.33. The summed E-state index contributed by atoms with van der Waals surface area (Å²) in [6.45, 7) is 5.05. The Balaban J connectivity index is 1.53. The molecule has 4 rings (SSSR count). The Morgan fingerprint density at radius 1 is 1.16 bits per heavy atom. The Morgan fingerprint density at radius 3 is 2.72 bits per heavy atom. The van der Waals surface area contributed by atoms with E-state index in [0.29, 0.717) is 18.5 Å². The second kappa shape index (κ2) is 7.24. The third kappa shape index (κ3) is 3.61. The SMILES string of the molecule is CC1CCC(N(Cc2ccc3c(c2)OCO3)C(=O)C2CCNC2)CC1. The van der Waals surface area contributed by atoms with Crippen molar-refractivity contribution in [3.05, 3.63) is 23.8 Å². The monoisotopic (exact) mass is 344 g/mol. The maximum absolute atomic E-state index is 13.2. The molecule has 5 nitrogen and oxygen atoms in total. The molecule has 1 amide bonds. The fraction of sp³-hybridized carbons (Fsp3) is 0.650. The zero-order valence-corrected chi connectivity index (χ0v) is 15.0. The first-order chi connectivity index (χ1) is 12.2. The lowest BCUT2D eigenvalue weighted by Gasteiger charge is -2.37. The van der Waals surface area contributed by atoms with Gasteiger partial charge in [0.15, 0.2) is 11.5 Å². The van der Waals surface area contributed by atoms with Crippen LogP contribution in [0, 0.1) is 11.8 Å². The molecular weight excluding hydrogens is 316 g/mol. The molecule has 0 spiro atoms. The number of hydrogen-bond donors (Lipinski definition) is 1. The Hall–Kier alpha value is -1.75. The molecule has 1 aromatic rings. The third-order valence-electron chi connectivity index (χ3n) is 5.91. The predicted molar refractivity (Wildman–Crippen MR) is 95.5 cm³/mol. The minimum Gasteiger partial charge on any atom is -0.454 e. The number of amides is 1. The van der Waals surface area contributed by atoms with Crippen LogP contribution in [-0.4, -0.2) is 36.7 Å². The molecule has 1 atom stereocenters. The molecule has 3 aliphatic rings. The summed E-state index contributed by atoms with van der Waals surface area (Å²) in [6, 6.07) is 6.42. The quantitative estimate of drug-likeness (QED) is 0.912. The number of carbonyl (C=O) groups excluding carboxylic acids is 1. The van der Waals surface area contributed by atoms with Gasteiger partial charge in [-0.2, -0.15) is 0 Å². The van der Waals surface area contributed by atoms with E-state index in [2.05, 4.69) is 23.2 Å². The lowest BCUT2D eigenvalue weighted by atomic mass is 9.86. The van der Waals surface area contributed by atoms with Gasteiger partial charge in [0, 0.05) is 19.1 Å². The van der Waals surface area contributed by atoms with Gasteiger partial charge in [0.2, 0.25) is 12.7 Å². The molecule has 1 aromatic carbocycles. The molecule has 136 valence electrons. The zero-order valence-electron chi connectivity index (χ0n) is 15.0. The van der Waals surface area contributed by atoms with E-state index >= 15 is 0 Å². The molecule has 1 aliphatic carbocycles. The van der Waals surface area contributed by atoms with Crippen LogP contribution in [0.1, 0.15) is 44.6 Å². The fourth-order valence-corrected chi connectivity index (χ4v) is 4.28. The fourth-order valence-electron chi connectivity index (χ4n) is 4.28. The first-order valence-corrected chi connectivity index (χ1v) is 9.60. The van der Waals surface area contributed by atoms with Crippen molar-refractivity contribution in [3.8, 4) is 11.5 Å². The van der Waals surface area contributed by atoms with Crippen molar-refractivity contribution in [2.75, 3.05) is 19.9 Å². The number of fused-ring (bicyclic) bond motifs is 1. The van der Waals surface area contributed by atoms with E-state index in [-0.39, 0.29) is 12.7 Å². The maximum atomic E-state index is 13.2. The Labute approximate surface area is 149 Å². The first kappa shape index (κ1) is 16.7. The van der Waals surface area contributed by atoms with E-state index in [9.17, 15) is 4.79 Å². The lowest BCUT2D eigenvalue weighted by molar-refractivity contribution is -0.139. The van der Waals surface area contributed by atoms with Crippen LogP contribution in [-0.2, 0) is 11.3 Å². The van der Waals surface area contributed by atoms with Crippen molar-refractivity contribution in [1.29, 1.82) is 0 Å². The summed E-state index contributed by atoms with van der Waals surface area (Å²) in [6.07, 6.45) is 5.64. The van der Waals surface area contributed by atoms with Crippen molar-refractivity contribution in [2.45, 2.75) is 51.6 Å². The number of rotatable bonds is 4. The molecular formula is C20H28N2O3. The van der Waals surface area contributed by atoms with Crippen molar-refractivity contribution < 1.29 is 14.3 Å². The molecule has 2 fully saturated rings. The van der Waals surface area contributed by atoms with Crippen LogP contribution < -0.4 is 14.8 Å². The number of nitrogens with zero attached hydrogens (tertiary/aromatic N) is 1. The molecule has 0 aromatic heterocycles. The summed E-state index contributed by atoms with van der Waals surface area (Å²) >= 11 is 0. The van der Waals surface area contributed by atoms with E-state index < -0.39 is 0 Å². The van der Waals surface area contributed by atoms with Crippen LogP contribution >= 0.6 is 0 Å². The van der Waals surface area contributed by atoms with Gasteiger partial charge in [-0.1, -0.05) is 13.0 Å². The molecule has 2 heterocycles. The molecule has 1 saturated carbocycles. The van der Waals surface area contributed by atoms with Crippen LogP contribution in [0.3, 0.4) is 0 Å². The first-order valence-electron chi connectivity index (χ1n) is 9.60. The van der Waals surface area contributed by atoms with Gasteiger partial charge in [-0.05, 0) is 62.3 Å². The van der Waals surface area contributed by atoms with Gasteiger partial charge >= 0.3 is 0 Å². The summed E-state index contributed by atoms with van der Waals surface area (Å²) in [5.41, 5.74) is 1.13. The van der Waals surface area contributed by atoms with Gasteiger partial charge in [-0.3, -0.25) is 4.79 Å². The Kier molecular flexibility index (Phi) is 4.84. The van der Waals surface area contributed by atoms with E-state index in [1.807, 2.05) is 12.1 Å². The van der Waals surface area contributed by atoms with Gasteiger partial charge in [0.1, 0.15) is 0 Å². The highest BCUT2D eigenvalue weighted by Gasteiger charge is 2.33. The summed E-state index contributed by atoms with van der Waals surface area (Å²) in [5.74, 6) is 2.83. The molecule has 1 saturated heterocycles. The van der Waals surface area contributed by atoms with Crippen LogP contribution in [0.5, 0.6) is 11.5 Å². The smallest absolute Gasteiger partial charge is 0.231 e. The average molecular weight is 344 g/mol. The molecule has 0 radical (unpaired) electrons. The molecule has 5 heteroatoms. The summed E-state index contributed by atoms with van der Waals surface area (Å²) in [7, 11) is 0. The highest BCUT2D eigenvalue weighted by atomic mass is 16.7. The minimum atomic E-state index is 0.133. The van der Waals surface area contributed by atoms with Crippen molar-refractivity contribution in [3.63, 3.8) is 0 Å². The number of benzene rings is 1. The average Bonchev–Trinajstić information content (AvgIpc) is 3.31. The van der Waals surface area contributed by atoms with Gasteiger partial charge in [0.05, 0.1) is 5.92 Å². The van der Waals surface area contributed by atoms with Gasteiger partial charge in [-0.15, -0.1) is 0 Å². The predicted octanol–water partition coefficient (Wildman–Crippen LogP) is 2.93. The van der Waals surface area contributed by atoms with Gasteiger partial charge in [-0.25, -0.2) is 0 Å². The normalized spacial score (nSPS) is 28.1. The molecule has 25 heavy (non-hydrogen) atoms. The van der Waals surface area contributed by atoms with Gasteiger partial charge < -0.3 is 19.7 Å². The maximum Gasteiger partial charge on any atom is 0.231 e. The van der Waals surface area contributed by atoms with E-state index in [1.54, 1.807) is 0 Å². The second-order valence-corrected chi connectivity index (χ2v) is 7.76. The van der Waals surface area contributed by atoms with Crippen molar-refractivity contribution in [1.82, 2.24) is 10.2 Å². The van der Waals surface area contributed by atoms with Crippen molar-refractivity contribution >= 4 is 5.91 Å². The summed E-state index contributed by atoms with van der Waals surface area (Å²) in [4.78, 5) is 15.3. The van der Waals surface area contributed by atoms with Gasteiger partial charge in [0.25, 0.3) is 0 Å². The van der Waals surface area contributed by atoms with E-state index in [1.165, 1.54) is 12.8 Å². The molecule has 1 N–H and O–H groups in total. The van der Waals surface area contributed by atoms with Crippen LogP contribution in [0.4, 0.5) is 0 Å². The third-order valence-corrected chi connectivity index (χ3v) is 5.91. The molecule has 2 aliphatic heterocycles. The Morgan fingerprint density at radius 2 is 1.96 bits per heavy atom. The zero-order chi connectivity index (χ0) is 17.2. The lowest BCUT2D eigenvalue weighted by Crippen LogP contribution is -2.45. The topological polar surface area (TPSA) is 50.8 Å². The highest BCUT2D eigenvalue weighted by Crippen LogP contribution is 2.34. The molecule has 1 unspecified atom stereocenters. The Bertz CT molecular complexity index is 619. The summed E-state index contributed by atoms with van der Waals surface area (Å²) < 4.78 is 10.9.